The molecule has 1 N–H and O–H groups in total. The van der Waals surface area contributed by atoms with Crippen LogP contribution in [-0.2, 0) is 4.79 Å². The predicted octanol–water partition coefficient (Wildman–Crippen LogP) is 0.771. The maximum Gasteiger partial charge on any atom is 0.246 e. The molecule has 0 aromatic heterocycles. The summed E-state index contributed by atoms with van der Waals surface area (Å²) in [5.74, 6) is 0.129. The van der Waals surface area contributed by atoms with Crippen molar-refractivity contribution in [2.45, 2.75) is 32.9 Å². The van der Waals surface area contributed by atoms with E-state index in [0.717, 1.165) is 13.1 Å². The Hall–Kier alpha value is -0.830. The molecule has 1 aliphatic heterocycles. The molecule has 1 amide bonds. The van der Waals surface area contributed by atoms with E-state index in [1.54, 1.807) is 12.2 Å². The van der Waals surface area contributed by atoms with E-state index in [0.29, 0.717) is 12.1 Å². The fourth-order valence-corrected chi connectivity index (χ4v) is 1.80. The molecule has 74 valence electrons. The quantitative estimate of drug-likeness (QED) is 0.608. The Morgan fingerprint density at radius 2 is 1.92 bits per heavy atom. The Bertz CT molecular complexity index is 203. The van der Waals surface area contributed by atoms with E-state index in [1.165, 1.54) is 0 Å². The summed E-state index contributed by atoms with van der Waals surface area (Å²) in [6.45, 7) is 7.81. The van der Waals surface area contributed by atoms with Gasteiger partial charge in [0.15, 0.2) is 0 Å². The molecule has 0 spiro atoms. The van der Waals surface area contributed by atoms with Crippen molar-refractivity contribution >= 4 is 5.91 Å². The molecule has 1 fully saturated rings. The smallest absolute Gasteiger partial charge is 0.246 e. The third-order valence-electron chi connectivity index (χ3n) is 2.39. The average molecular weight is 182 g/mol. The van der Waals surface area contributed by atoms with Crippen molar-refractivity contribution in [2.75, 3.05) is 13.1 Å². The fourth-order valence-electron chi connectivity index (χ4n) is 1.80. The van der Waals surface area contributed by atoms with E-state index in [2.05, 4.69) is 19.2 Å². The highest BCUT2D eigenvalue weighted by molar-refractivity contribution is 5.88. The van der Waals surface area contributed by atoms with Gasteiger partial charge in [0, 0.05) is 25.2 Å². The average Bonchev–Trinajstić information content (AvgIpc) is 2.04. The van der Waals surface area contributed by atoms with Gasteiger partial charge in [0.25, 0.3) is 0 Å². The number of hydrogen-bond donors (Lipinski definition) is 1. The van der Waals surface area contributed by atoms with Gasteiger partial charge in [-0.3, -0.25) is 4.79 Å². The van der Waals surface area contributed by atoms with Gasteiger partial charge in [0.05, 0.1) is 0 Å². The second kappa shape index (κ2) is 4.42. The minimum Gasteiger partial charge on any atom is -0.331 e. The van der Waals surface area contributed by atoms with Gasteiger partial charge < -0.3 is 10.2 Å². The first-order valence-corrected chi connectivity index (χ1v) is 4.82. The monoisotopic (exact) mass is 182 g/mol. The number of piperazine rings is 1. The summed E-state index contributed by atoms with van der Waals surface area (Å²) in [6, 6.07) is 0.597. The lowest BCUT2D eigenvalue weighted by atomic mass is 10.1. The number of allylic oxidation sites excluding steroid dienone is 1. The summed E-state index contributed by atoms with van der Waals surface area (Å²) in [4.78, 5) is 13.6. The van der Waals surface area contributed by atoms with Crippen LogP contribution in [0.5, 0.6) is 0 Å². The highest BCUT2D eigenvalue weighted by Gasteiger charge is 2.26. The summed E-state index contributed by atoms with van der Waals surface area (Å²) < 4.78 is 0. The van der Waals surface area contributed by atoms with Crippen LogP contribution in [0.3, 0.4) is 0 Å². The van der Waals surface area contributed by atoms with E-state index in [9.17, 15) is 4.79 Å². The number of nitrogens with one attached hydrogen (secondary N) is 1. The standard InChI is InChI=1S/C10H18N2O/c1-4-5-10(13)12-8(2)6-11-7-9(12)3/h4-5,8-9,11H,6-7H2,1-3H3/b5-4+. The SMILES string of the molecule is C/C=C/C(=O)N1C(C)CNCC1C. The Balaban J connectivity index is 2.68. The maximum absolute atomic E-state index is 11.6. The zero-order valence-corrected chi connectivity index (χ0v) is 8.58. The Morgan fingerprint density at radius 1 is 1.38 bits per heavy atom. The van der Waals surface area contributed by atoms with Gasteiger partial charge in [0.1, 0.15) is 0 Å². The number of nitrogens with zero attached hydrogens (tertiary/aromatic N) is 1. The number of hydrogen-bond acceptors (Lipinski definition) is 2. The second-order valence-electron chi connectivity index (χ2n) is 3.60. The minimum absolute atomic E-state index is 0.129. The fraction of sp³-hybridized carbons (Fsp3) is 0.700. The van der Waals surface area contributed by atoms with Crippen LogP contribution < -0.4 is 5.32 Å². The third kappa shape index (κ3) is 2.31. The van der Waals surface area contributed by atoms with Gasteiger partial charge >= 0.3 is 0 Å². The van der Waals surface area contributed by atoms with Crippen LogP contribution >= 0.6 is 0 Å². The van der Waals surface area contributed by atoms with Crippen molar-refractivity contribution in [2.24, 2.45) is 0 Å². The number of rotatable bonds is 1. The molecule has 0 radical (unpaired) electrons. The van der Waals surface area contributed by atoms with Crippen molar-refractivity contribution in [1.82, 2.24) is 10.2 Å². The first kappa shape index (κ1) is 10.3. The van der Waals surface area contributed by atoms with Crippen LogP contribution in [0.2, 0.25) is 0 Å². The zero-order valence-electron chi connectivity index (χ0n) is 8.58. The van der Waals surface area contributed by atoms with E-state index < -0.39 is 0 Å². The summed E-state index contributed by atoms with van der Waals surface area (Å²) in [5.41, 5.74) is 0. The first-order valence-electron chi connectivity index (χ1n) is 4.82. The van der Waals surface area contributed by atoms with Crippen LogP contribution in [-0.4, -0.2) is 36.0 Å². The summed E-state index contributed by atoms with van der Waals surface area (Å²) >= 11 is 0. The lowest BCUT2D eigenvalue weighted by molar-refractivity contribution is -0.131. The van der Waals surface area contributed by atoms with Crippen LogP contribution in [0.1, 0.15) is 20.8 Å². The van der Waals surface area contributed by atoms with Gasteiger partial charge in [-0.2, -0.15) is 0 Å². The molecule has 1 saturated heterocycles. The molecular weight excluding hydrogens is 164 g/mol. The van der Waals surface area contributed by atoms with E-state index >= 15 is 0 Å². The zero-order chi connectivity index (χ0) is 9.84. The number of carbonyl (C=O) groups excluding carboxylic acids is 1. The molecule has 0 bridgehead atoms. The molecule has 3 nitrogen and oxygen atoms in total. The van der Waals surface area contributed by atoms with Crippen molar-refractivity contribution in [3.8, 4) is 0 Å². The van der Waals surface area contributed by atoms with Crippen molar-refractivity contribution < 1.29 is 4.79 Å². The van der Waals surface area contributed by atoms with E-state index in [-0.39, 0.29) is 5.91 Å². The van der Waals surface area contributed by atoms with Crippen molar-refractivity contribution in [1.29, 1.82) is 0 Å². The van der Waals surface area contributed by atoms with Gasteiger partial charge in [-0.25, -0.2) is 0 Å². The molecule has 1 heterocycles. The summed E-state index contributed by atoms with van der Waals surface area (Å²) in [6.07, 6.45) is 3.43. The van der Waals surface area contributed by atoms with Gasteiger partial charge in [-0.05, 0) is 26.8 Å². The van der Waals surface area contributed by atoms with Crippen molar-refractivity contribution in [3.63, 3.8) is 0 Å². The largest absolute Gasteiger partial charge is 0.331 e. The third-order valence-corrected chi connectivity index (χ3v) is 2.39. The minimum atomic E-state index is 0.129. The van der Waals surface area contributed by atoms with E-state index in [4.69, 9.17) is 0 Å². The molecule has 1 rings (SSSR count). The molecule has 1 aliphatic rings. The molecule has 3 heteroatoms. The van der Waals surface area contributed by atoms with E-state index in [1.807, 2.05) is 11.8 Å². The highest BCUT2D eigenvalue weighted by atomic mass is 16.2. The normalized spacial score (nSPS) is 29.6. The molecule has 2 unspecified atom stereocenters. The highest BCUT2D eigenvalue weighted by Crippen LogP contribution is 2.10. The van der Waals surface area contributed by atoms with Gasteiger partial charge in [-0.1, -0.05) is 6.08 Å². The summed E-state index contributed by atoms with van der Waals surface area (Å²) in [7, 11) is 0. The van der Waals surface area contributed by atoms with Crippen LogP contribution in [0.4, 0.5) is 0 Å². The number of carbonyl (C=O) groups is 1. The number of amides is 1. The van der Waals surface area contributed by atoms with Crippen LogP contribution in [0, 0.1) is 0 Å². The Kier molecular flexibility index (Phi) is 3.48. The van der Waals surface area contributed by atoms with Gasteiger partial charge in [0.2, 0.25) is 5.91 Å². The van der Waals surface area contributed by atoms with Crippen LogP contribution in [0.25, 0.3) is 0 Å². The maximum atomic E-state index is 11.6. The molecular formula is C10H18N2O. The Morgan fingerprint density at radius 3 is 2.38 bits per heavy atom. The first-order chi connectivity index (χ1) is 6.16. The molecule has 0 saturated carbocycles. The topological polar surface area (TPSA) is 32.3 Å². The molecule has 13 heavy (non-hydrogen) atoms. The predicted molar refractivity (Wildman–Crippen MR) is 53.5 cm³/mol. The molecule has 2 atom stereocenters. The van der Waals surface area contributed by atoms with Crippen LogP contribution in [0.15, 0.2) is 12.2 Å². The molecule has 0 aliphatic carbocycles. The van der Waals surface area contributed by atoms with Crippen molar-refractivity contribution in [3.05, 3.63) is 12.2 Å². The second-order valence-corrected chi connectivity index (χ2v) is 3.60. The molecule has 0 aromatic carbocycles. The lowest BCUT2D eigenvalue weighted by Crippen LogP contribution is -2.56. The Labute approximate surface area is 79.8 Å². The molecule has 0 aromatic rings. The van der Waals surface area contributed by atoms with Gasteiger partial charge in [-0.15, -0.1) is 0 Å². The lowest BCUT2D eigenvalue weighted by Gasteiger charge is -2.38. The summed E-state index contributed by atoms with van der Waals surface area (Å²) in [5, 5.41) is 3.29.